The Hall–Kier alpha value is -0.370. The van der Waals surface area contributed by atoms with Gasteiger partial charge in [-0.2, -0.15) is 0 Å². The molecule has 8 heteroatoms. The molecule has 1 amide bonds. The van der Waals surface area contributed by atoms with E-state index in [1.165, 1.54) is 0 Å². The Morgan fingerprint density at radius 3 is 2.57 bits per heavy atom. The molecule has 0 aromatic carbocycles. The van der Waals surface area contributed by atoms with Crippen LogP contribution in [0.2, 0.25) is 0 Å². The van der Waals surface area contributed by atoms with Crippen molar-refractivity contribution in [3.8, 4) is 0 Å². The molecule has 0 aromatic heterocycles. The number of carbonyl (C=O) groups is 1. The lowest BCUT2D eigenvalue weighted by Gasteiger charge is -2.24. The van der Waals surface area contributed by atoms with Crippen molar-refractivity contribution in [2.45, 2.75) is 38.1 Å². The van der Waals surface area contributed by atoms with Crippen molar-refractivity contribution in [1.29, 1.82) is 0 Å². The second kappa shape index (κ2) is 8.31. The fourth-order valence-corrected chi connectivity index (χ4v) is 4.43. The van der Waals surface area contributed by atoms with Crippen molar-refractivity contribution in [2.75, 3.05) is 39.0 Å². The first kappa shape index (κ1) is 18.7. The third-order valence-electron chi connectivity index (χ3n) is 4.23. The summed E-state index contributed by atoms with van der Waals surface area (Å²) < 4.78 is 25.6. The number of carbonyl (C=O) groups excluding carboxylic acids is 1. The summed E-state index contributed by atoms with van der Waals surface area (Å²) in [5, 5.41) is 3.23. The molecule has 2 fully saturated rings. The van der Waals surface area contributed by atoms with Crippen LogP contribution in [0.25, 0.3) is 0 Å². The summed E-state index contributed by atoms with van der Waals surface area (Å²) in [6, 6.07) is 0.262. The lowest BCUT2D eigenvalue weighted by Crippen LogP contribution is -2.38. The lowest BCUT2D eigenvalue weighted by atomic mass is 10.2. The Bertz CT molecular complexity index is 432. The van der Waals surface area contributed by atoms with Gasteiger partial charge in [0.25, 0.3) is 0 Å². The molecule has 1 N–H and O–H groups in total. The molecule has 2 aliphatic heterocycles. The highest BCUT2D eigenvalue weighted by atomic mass is 35.5. The first-order valence-electron chi connectivity index (χ1n) is 7.45. The van der Waals surface area contributed by atoms with Crippen LogP contribution >= 0.6 is 12.4 Å². The minimum Gasteiger partial charge on any atom is -0.341 e. The van der Waals surface area contributed by atoms with E-state index in [-0.39, 0.29) is 30.1 Å². The van der Waals surface area contributed by atoms with Gasteiger partial charge in [-0.1, -0.05) is 0 Å². The van der Waals surface area contributed by atoms with E-state index in [9.17, 15) is 13.2 Å². The van der Waals surface area contributed by atoms with E-state index in [2.05, 4.69) is 5.32 Å². The Morgan fingerprint density at radius 1 is 1.33 bits per heavy atom. The quantitative estimate of drug-likeness (QED) is 0.762. The molecule has 0 radical (unpaired) electrons. The number of hydrogen-bond donors (Lipinski definition) is 1. The van der Waals surface area contributed by atoms with Crippen LogP contribution in [0.3, 0.4) is 0 Å². The molecule has 0 aliphatic carbocycles. The molecule has 2 aliphatic rings. The van der Waals surface area contributed by atoms with Crippen molar-refractivity contribution in [2.24, 2.45) is 0 Å². The summed E-state index contributed by atoms with van der Waals surface area (Å²) in [5.41, 5.74) is 0. The van der Waals surface area contributed by atoms with Crippen molar-refractivity contribution in [3.05, 3.63) is 0 Å². The maximum absolute atomic E-state index is 12.0. The van der Waals surface area contributed by atoms with Crippen LogP contribution in [0.5, 0.6) is 0 Å². The van der Waals surface area contributed by atoms with E-state index in [1.807, 2.05) is 7.05 Å². The maximum Gasteiger partial charge on any atom is 0.222 e. The van der Waals surface area contributed by atoms with Crippen LogP contribution in [0.1, 0.15) is 32.1 Å². The van der Waals surface area contributed by atoms with Crippen molar-refractivity contribution < 1.29 is 13.2 Å². The smallest absolute Gasteiger partial charge is 0.222 e. The molecule has 6 nitrogen and oxygen atoms in total. The van der Waals surface area contributed by atoms with E-state index in [0.29, 0.717) is 25.9 Å². The molecule has 1 unspecified atom stereocenters. The number of amides is 1. The normalized spacial score (nSPS) is 23.0. The molecule has 0 aromatic rings. The average molecular weight is 340 g/mol. The number of sulfonamides is 1. The van der Waals surface area contributed by atoms with Crippen LogP contribution in [-0.4, -0.2) is 68.6 Å². The number of rotatable bonds is 6. The van der Waals surface area contributed by atoms with E-state index in [0.717, 1.165) is 32.4 Å². The highest BCUT2D eigenvalue weighted by molar-refractivity contribution is 7.89. The molecule has 1 atom stereocenters. The predicted octanol–water partition coefficient (Wildman–Crippen LogP) is 0.434. The van der Waals surface area contributed by atoms with Gasteiger partial charge in [0.2, 0.25) is 15.9 Å². The SMILES string of the molecule is CN(C(=O)CCCS(=O)(=O)N1CCCC1)C1CCNC1.Cl. The van der Waals surface area contributed by atoms with Gasteiger partial charge in [-0.3, -0.25) is 4.79 Å². The summed E-state index contributed by atoms with van der Waals surface area (Å²) in [4.78, 5) is 13.8. The first-order valence-corrected chi connectivity index (χ1v) is 9.06. The Morgan fingerprint density at radius 2 is 2.00 bits per heavy atom. The molecular formula is C13H26ClN3O3S. The first-order chi connectivity index (χ1) is 9.50. The van der Waals surface area contributed by atoms with Crippen molar-refractivity contribution in [1.82, 2.24) is 14.5 Å². The van der Waals surface area contributed by atoms with Crippen molar-refractivity contribution >= 4 is 28.3 Å². The highest BCUT2D eigenvalue weighted by Gasteiger charge is 2.26. The number of halogens is 1. The molecule has 0 spiro atoms. The number of hydrogen-bond acceptors (Lipinski definition) is 4. The lowest BCUT2D eigenvalue weighted by molar-refractivity contribution is -0.131. The monoisotopic (exact) mass is 339 g/mol. The van der Waals surface area contributed by atoms with Crippen LogP contribution < -0.4 is 5.32 Å². The molecule has 124 valence electrons. The zero-order chi connectivity index (χ0) is 14.6. The van der Waals surface area contributed by atoms with Crippen LogP contribution in [-0.2, 0) is 14.8 Å². The summed E-state index contributed by atoms with van der Waals surface area (Å²) in [6.07, 6.45) is 3.63. The molecule has 0 saturated carbocycles. The third-order valence-corrected chi connectivity index (χ3v) is 6.18. The number of nitrogens with one attached hydrogen (secondary N) is 1. The minimum absolute atomic E-state index is 0. The zero-order valence-electron chi connectivity index (χ0n) is 12.6. The minimum atomic E-state index is -3.15. The van der Waals surface area contributed by atoms with Gasteiger partial charge < -0.3 is 10.2 Å². The molecule has 0 bridgehead atoms. The van der Waals surface area contributed by atoms with Gasteiger partial charge in [-0.15, -0.1) is 12.4 Å². The standard InChI is InChI=1S/C13H25N3O3S.ClH/c1-15(12-6-7-14-11-12)13(17)5-4-10-20(18,19)16-8-2-3-9-16;/h12,14H,2-11H2,1H3;1H. The Labute approximate surface area is 133 Å². The second-order valence-corrected chi connectivity index (χ2v) is 7.77. The molecule has 2 rings (SSSR count). The van der Waals surface area contributed by atoms with Crippen LogP contribution in [0.15, 0.2) is 0 Å². The van der Waals surface area contributed by atoms with Gasteiger partial charge in [0.1, 0.15) is 0 Å². The van der Waals surface area contributed by atoms with E-state index < -0.39 is 10.0 Å². The summed E-state index contributed by atoms with van der Waals surface area (Å²) in [7, 11) is -1.34. The fraction of sp³-hybridized carbons (Fsp3) is 0.923. The fourth-order valence-electron chi connectivity index (χ4n) is 2.85. The van der Waals surface area contributed by atoms with Gasteiger partial charge in [-0.05, 0) is 32.2 Å². The highest BCUT2D eigenvalue weighted by Crippen LogP contribution is 2.15. The van der Waals surface area contributed by atoms with E-state index in [1.54, 1.807) is 9.21 Å². The van der Waals surface area contributed by atoms with Crippen LogP contribution in [0, 0.1) is 0 Å². The summed E-state index contributed by atoms with van der Waals surface area (Å²) in [5.74, 6) is 0.144. The van der Waals surface area contributed by atoms with E-state index in [4.69, 9.17) is 0 Å². The molecule has 2 heterocycles. The summed E-state index contributed by atoms with van der Waals surface area (Å²) in [6.45, 7) is 3.08. The van der Waals surface area contributed by atoms with Gasteiger partial charge in [-0.25, -0.2) is 12.7 Å². The van der Waals surface area contributed by atoms with Gasteiger partial charge in [0.05, 0.1) is 5.75 Å². The molecule has 2 saturated heterocycles. The molecular weight excluding hydrogens is 314 g/mol. The number of likely N-dealkylation sites (N-methyl/N-ethyl adjacent to an activating group) is 1. The number of nitrogens with zero attached hydrogens (tertiary/aromatic N) is 2. The molecule has 21 heavy (non-hydrogen) atoms. The largest absolute Gasteiger partial charge is 0.341 e. The van der Waals surface area contributed by atoms with E-state index >= 15 is 0 Å². The van der Waals surface area contributed by atoms with Gasteiger partial charge in [0, 0.05) is 39.1 Å². The van der Waals surface area contributed by atoms with Gasteiger partial charge >= 0.3 is 0 Å². The van der Waals surface area contributed by atoms with Crippen LogP contribution in [0.4, 0.5) is 0 Å². The Balaban J connectivity index is 0.00000220. The predicted molar refractivity (Wildman–Crippen MR) is 85.1 cm³/mol. The summed E-state index contributed by atoms with van der Waals surface area (Å²) >= 11 is 0. The second-order valence-electron chi connectivity index (χ2n) is 5.68. The maximum atomic E-state index is 12.0. The zero-order valence-corrected chi connectivity index (χ0v) is 14.2. The Kier molecular flexibility index (Phi) is 7.39. The van der Waals surface area contributed by atoms with Crippen molar-refractivity contribution in [3.63, 3.8) is 0 Å². The third kappa shape index (κ3) is 5.09. The van der Waals surface area contributed by atoms with Gasteiger partial charge in [0.15, 0.2) is 0 Å². The topological polar surface area (TPSA) is 69.7 Å². The average Bonchev–Trinajstić information content (AvgIpc) is 3.10.